The highest BCUT2D eigenvalue weighted by Gasteiger charge is 2.32. The van der Waals surface area contributed by atoms with Crippen LogP contribution in [0.3, 0.4) is 0 Å². The first-order valence-corrected chi connectivity index (χ1v) is 9.81. The minimum absolute atomic E-state index is 0.0401. The van der Waals surface area contributed by atoms with E-state index in [2.05, 4.69) is 24.2 Å². The van der Waals surface area contributed by atoms with Gasteiger partial charge >= 0.3 is 0 Å². The summed E-state index contributed by atoms with van der Waals surface area (Å²) in [6.07, 6.45) is 1.54. The number of benzene rings is 2. The average molecular weight is 378 g/mol. The molecule has 0 spiro atoms. The maximum Gasteiger partial charge on any atom is 0.251 e. The third-order valence-corrected chi connectivity index (χ3v) is 5.77. The minimum atomic E-state index is -0.0401. The van der Waals surface area contributed by atoms with Gasteiger partial charge < -0.3 is 15.0 Å². The Hall–Kier alpha value is -2.66. The SMILES string of the molecule is CN1CC[C@@](C)(CNC(=O)c2ccc(-c3ccc4c(c3)OCCC4=O)cc2)C1. The zero-order valence-electron chi connectivity index (χ0n) is 16.5. The maximum atomic E-state index is 12.5. The van der Waals surface area contributed by atoms with E-state index in [9.17, 15) is 9.59 Å². The average Bonchev–Trinajstić information content (AvgIpc) is 3.05. The summed E-state index contributed by atoms with van der Waals surface area (Å²) in [4.78, 5) is 26.7. The predicted octanol–water partition coefficient (Wildman–Crippen LogP) is 3.39. The Morgan fingerprint density at radius 3 is 2.64 bits per heavy atom. The van der Waals surface area contributed by atoms with Crippen molar-refractivity contribution in [3.63, 3.8) is 0 Å². The van der Waals surface area contributed by atoms with Crippen molar-refractivity contribution in [3.8, 4) is 16.9 Å². The lowest BCUT2D eigenvalue weighted by Gasteiger charge is -2.24. The molecule has 4 rings (SSSR count). The molecule has 0 aliphatic carbocycles. The van der Waals surface area contributed by atoms with Crippen LogP contribution in [0.4, 0.5) is 0 Å². The fraction of sp³-hybridized carbons (Fsp3) is 0.391. The van der Waals surface area contributed by atoms with Gasteiger partial charge in [-0.25, -0.2) is 0 Å². The van der Waals surface area contributed by atoms with Crippen molar-refractivity contribution in [2.45, 2.75) is 19.8 Å². The second-order valence-electron chi connectivity index (χ2n) is 8.29. The third kappa shape index (κ3) is 3.80. The molecule has 5 nitrogen and oxygen atoms in total. The van der Waals surface area contributed by atoms with Gasteiger partial charge in [-0.15, -0.1) is 0 Å². The minimum Gasteiger partial charge on any atom is -0.492 e. The van der Waals surface area contributed by atoms with E-state index in [0.717, 1.165) is 30.6 Å². The van der Waals surface area contributed by atoms with Crippen LogP contribution in [0.15, 0.2) is 42.5 Å². The molecule has 2 aliphatic heterocycles. The van der Waals surface area contributed by atoms with E-state index in [1.165, 1.54) is 0 Å². The molecule has 2 aromatic carbocycles. The first kappa shape index (κ1) is 18.7. The van der Waals surface area contributed by atoms with Crippen LogP contribution in [0.25, 0.3) is 11.1 Å². The lowest BCUT2D eigenvalue weighted by molar-refractivity contribution is 0.0926. The number of nitrogens with one attached hydrogen (secondary N) is 1. The largest absolute Gasteiger partial charge is 0.492 e. The van der Waals surface area contributed by atoms with E-state index >= 15 is 0 Å². The molecule has 1 atom stereocenters. The Kier molecular flexibility index (Phi) is 4.94. The number of ether oxygens (including phenoxy) is 1. The van der Waals surface area contributed by atoms with Crippen LogP contribution in [0.5, 0.6) is 5.75 Å². The zero-order valence-corrected chi connectivity index (χ0v) is 16.5. The van der Waals surface area contributed by atoms with E-state index in [1.54, 1.807) is 0 Å². The summed E-state index contributed by atoms with van der Waals surface area (Å²) in [5.74, 6) is 0.731. The van der Waals surface area contributed by atoms with Gasteiger partial charge in [0.25, 0.3) is 5.91 Å². The van der Waals surface area contributed by atoms with Crippen LogP contribution in [0.2, 0.25) is 0 Å². The molecule has 2 aliphatic rings. The summed E-state index contributed by atoms with van der Waals surface area (Å²) in [6.45, 7) is 5.44. The molecule has 0 radical (unpaired) electrons. The number of likely N-dealkylation sites (tertiary alicyclic amines) is 1. The number of amides is 1. The molecule has 1 fully saturated rings. The van der Waals surface area contributed by atoms with Crippen molar-refractivity contribution in [3.05, 3.63) is 53.6 Å². The van der Waals surface area contributed by atoms with E-state index in [4.69, 9.17) is 4.74 Å². The summed E-state index contributed by atoms with van der Waals surface area (Å²) in [5.41, 5.74) is 3.41. The van der Waals surface area contributed by atoms with Crippen molar-refractivity contribution >= 4 is 11.7 Å². The van der Waals surface area contributed by atoms with Crippen molar-refractivity contribution in [1.82, 2.24) is 10.2 Å². The summed E-state index contributed by atoms with van der Waals surface area (Å²) in [5, 5.41) is 3.08. The van der Waals surface area contributed by atoms with E-state index in [1.807, 2.05) is 42.5 Å². The lowest BCUT2D eigenvalue weighted by atomic mass is 9.90. The van der Waals surface area contributed by atoms with Crippen molar-refractivity contribution in [2.24, 2.45) is 5.41 Å². The van der Waals surface area contributed by atoms with Crippen molar-refractivity contribution < 1.29 is 14.3 Å². The number of carbonyl (C=O) groups is 2. The molecule has 1 amide bonds. The smallest absolute Gasteiger partial charge is 0.251 e. The third-order valence-electron chi connectivity index (χ3n) is 5.77. The van der Waals surface area contributed by atoms with Gasteiger partial charge in [-0.05, 0) is 60.8 Å². The van der Waals surface area contributed by atoms with Crippen LogP contribution in [-0.2, 0) is 0 Å². The number of rotatable bonds is 4. The lowest BCUT2D eigenvalue weighted by Crippen LogP contribution is -2.37. The van der Waals surface area contributed by atoms with Crippen LogP contribution in [0, 0.1) is 5.41 Å². The molecule has 0 bridgehead atoms. The number of fused-ring (bicyclic) bond motifs is 1. The Morgan fingerprint density at radius 2 is 1.93 bits per heavy atom. The van der Waals surface area contributed by atoms with Crippen LogP contribution in [0.1, 0.15) is 40.5 Å². The number of ketones is 1. The Bertz CT molecular complexity index is 907. The molecular weight excluding hydrogens is 352 g/mol. The van der Waals surface area contributed by atoms with E-state index < -0.39 is 0 Å². The van der Waals surface area contributed by atoms with Gasteiger partial charge in [-0.2, -0.15) is 0 Å². The van der Waals surface area contributed by atoms with Gasteiger partial charge in [0.1, 0.15) is 5.75 Å². The summed E-state index contributed by atoms with van der Waals surface area (Å²) < 4.78 is 5.63. The normalized spacial score (nSPS) is 21.9. The molecule has 5 heteroatoms. The summed E-state index contributed by atoms with van der Waals surface area (Å²) in [7, 11) is 2.12. The highest BCUT2D eigenvalue weighted by molar-refractivity contribution is 6.00. The molecule has 28 heavy (non-hydrogen) atoms. The molecule has 0 aromatic heterocycles. The fourth-order valence-corrected chi connectivity index (χ4v) is 4.06. The van der Waals surface area contributed by atoms with E-state index in [0.29, 0.717) is 36.4 Å². The summed E-state index contributed by atoms with van der Waals surface area (Å²) in [6, 6.07) is 13.2. The Morgan fingerprint density at radius 1 is 1.18 bits per heavy atom. The first-order chi connectivity index (χ1) is 13.4. The van der Waals surface area contributed by atoms with Gasteiger partial charge in [0, 0.05) is 25.1 Å². The van der Waals surface area contributed by atoms with Crippen LogP contribution >= 0.6 is 0 Å². The van der Waals surface area contributed by atoms with Crippen molar-refractivity contribution in [1.29, 1.82) is 0 Å². The molecule has 1 saturated heterocycles. The zero-order chi connectivity index (χ0) is 19.7. The molecule has 0 unspecified atom stereocenters. The highest BCUT2D eigenvalue weighted by Crippen LogP contribution is 2.31. The molecule has 146 valence electrons. The van der Waals surface area contributed by atoms with Gasteiger partial charge in [-0.3, -0.25) is 9.59 Å². The highest BCUT2D eigenvalue weighted by atomic mass is 16.5. The molecule has 1 N–H and O–H groups in total. The van der Waals surface area contributed by atoms with Crippen LogP contribution in [-0.4, -0.2) is 49.9 Å². The molecule has 0 saturated carbocycles. The molecule has 2 aromatic rings. The topological polar surface area (TPSA) is 58.6 Å². The monoisotopic (exact) mass is 378 g/mol. The number of hydrogen-bond acceptors (Lipinski definition) is 4. The Balaban J connectivity index is 1.44. The molecular formula is C23H26N2O3. The number of hydrogen-bond donors (Lipinski definition) is 1. The first-order valence-electron chi connectivity index (χ1n) is 9.81. The maximum absolute atomic E-state index is 12.5. The second kappa shape index (κ2) is 7.40. The second-order valence-corrected chi connectivity index (χ2v) is 8.29. The summed E-state index contributed by atoms with van der Waals surface area (Å²) >= 11 is 0. The fourth-order valence-electron chi connectivity index (χ4n) is 4.06. The number of carbonyl (C=O) groups excluding carboxylic acids is 2. The van der Waals surface area contributed by atoms with Gasteiger partial charge in [0.2, 0.25) is 0 Å². The van der Waals surface area contributed by atoms with E-state index in [-0.39, 0.29) is 17.1 Å². The van der Waals surface area contributed by atoms with Gasteiger partial charge in [0.15, 0.2) is 5.78 Å². The van der Waals surface area contributed by atoms with Gasteiger partial charge in [0.05, 0.1) is 12.2 Å². The molecule has 2 heterocycles. The quantitative estimate of drug-likeness (QED) is 0.886. The predicted molar refractivity (Wildman–Crippen MR) is 109 cm³/mol. The number of Topliss-reactive ketones (excluding diaryl/α,β-unsaturated/α-hetero) is 1. The van der Waals surface area contributed by atoms with Gasteiger partial charge in [-0.1, -0.05) is 25.1 Å². The number of nitrogens with zero attached hydrogens (tertiary/aromatic N) is 1. The van der Waals surface area contributed by atoms with Crippen molar-refractivity contribution in [2.75, 3.05) is 33.3 Å². The Labute approximate surface area is 165 Å². The van der Waals surface area contributed by atoms with Crippen LogP contribution < -0.4 is 10.1 Å². The standard InChI is InChI=1S/C23H26N2O3/c1-23(10-11-25(2)15-23)14-24-22(27)17-5-3-16(4-6-17)18-7-8-19-20(26)9-12-28-21(19)13-18/h3-8,13H,9-12,14-15H2,1-2H3,(H,24,27)/t23-/m0/s1.